The zero-order valence-electron chi connectivity index (χ0n) is 14.1. The Morgan fingerprint density at radius 2 is 1.73 bits per heavy atom. The molecule has 0 aliphatic carbocycles. The number of benzene rings is 2. The number of aromatic nitrogens is 4. The molecule has 0 N–H and O–H groups in total. The maximum Gasteiger partial charge on any atom is 0.123 e. The quantitative estimate of drug-likeness (QED) is 0.539. The van der Waals surface area contributed by atoms with Crippen molar-refractivity contribution in [3.05, 3.63) is 90.8 Å². The summed E-state index contributed by atoms with van der Waals surface area (Å²) in [6.07, 6.45) is 7.77. The monoisotopic (exact) mass is 344 g/mol. The van der Waals surface area contributed by atoms with Crippen LogP contribution in [0, 0.1) is 5.82 Å². The maximum atomic E-state index is 13.3. The fraction of sp³-hybridized carbons (Fsp3) is 0.0952. The van der Waals surface area contributed by atoms with Gasteiger partial charge in [-0.15, -0.1) is 0 Å². The summed E-state index contributed by atoms with van der Waals surface area (Å²) in [4.78, 5) is 8.46. The van der Waals surface area contributed by atoms with Gasteiger partial charge in [0.25, 0.3) is 0 Å². The molecule has 4 nitrogen and oxygen atoms in total. The Balaban J connectivity index is 1.51. The molecule has 2 aromatic carbocycles. The fourth-order valence-electron chi connectivity index (χ4n) is 2.86. The number of hydrogen-bond donors (Lipinski definition) is 0. The first-order valence-electron chi connectivity index (χ1n) is 8.43. The van der Waals surface area contributed by atoms with Crippen molar-refractivity contribution in [1.82, 2.24) is 19.7 Å². The van der Waals surface area contributed by atoms with Crippen LogP contribution in [0.4, 0.5) is 4.39 Å². The van der Waals surface area contributed by atoms with E-state index in [0.29, 0.717) is 6.54 Å². The lowest BCUT2D eigenvalue weighted by atomic mass is 10.1. The summed E-state index contributed by atoms with van der Waals surface area (Å²) < 4.78 is 15.1. The van der Waals surface area contributed by atoms with Crippen molar-refractivity contribution >= 4 is 0 Å². The Morgan fingerprint density at radius 3 is 2.54 bits per heavy atom. The second kappa shape index (κ2) is 7.27. The van der Waals surface area contributed by atoms with E-state index in [9.17, 15) is 4.39 Å². The number of rotatable bonds is 5. The third kappa shape index (κ3) is 3.67. The van der Waals surface area contributed by atoms with Gasteiger partial charge in [0.05, 0.1) is 17.6 Å². The van der Waals surface area contributed by atoms with E-state index in [1.165, 1.54) is 6.07 Å². The largest absolute Gasteiger partial charge is 0.272 e. The van der Waals surface area contributed by atoms with E-state index in [2.05, 4.69) is 21.1 Å². The van der Waals surface area contributed by atoms with Gasteiger partial charge in [0.2, 0.25) is 0 Å². The Kier molecular flexibility index (Phi) is 4.51. The summed E-state index contributed by atoms with van der Waals surface area (Å²) in [5.41, 5.74) is 4.73. The van der Waals surface area contributed by atoms with Gasteiger partial charge in [-0.1, -0.05) is 30.3 Å². The molecule has 4 aromatic rings. The van der Waals surface area contributed by atoms with E-state index < -0.39 is 0 Å². The van der Waals surface area contributed by atoms with Gasteiger partial charge in [0.15, 0.2) is 0 Å². The molecular formula is C21H17FN4. The molecule has 2 heterocycles. The zero-order valence-corrected chi connectivity index (χ0v) is 14.1. The predicted octanol–water partition coefficient (Wildman–Crippen LogP) is 4.39. The van der Waals surface area contributed by atoms with Gasteiger partial charge >= 0.3 is 0 Å². The molecule has 26 heavy (non-hydrogen) atoms. The van der Waals surface area contributed by atoms with E-state index in [-0.39, 0.29) is 5.82 Å². The second-order valence-corrected chi connectivity index (χ2v) is 6.02. The number of aryl methyl sites for hydroxylation is 2. The van der Waals surface area contributed by atoms with Gasteiger partial charge in [-0.25, -0.2) is 4.39 Å². The summed E-state index contributed by atoms with van der Waals surface area (Å²) in [6.45, 7) is 0.702. The molecule has 0 bridgehead atoms. The van der Waals surface area contributed by atoms with E-state index in [1.54, 1.807) is 30.7 Å². The predicted molar refractivity (Wildman–Crippen MR) is 98.8 cm³/mol. The van der Waals surface area contributed by atoms with Crippen molar-refractivity contribution in [2.45, 2.75) is 13.0 Å². The maximum absolute atomic E-state index is 13.3. The van der Waals surface area contributed by atoms with Crippen LogP contribution >= 0.6 is 0 Å². The topological polar surface area (TPSA) is 43.6 Å². The van der Waals surface area contributed by atoms with Gasteiger partial charge in [-0.2, -0.15) is 5.10 Å². The Hall–Kier alpha value is -3.34. The summed E-state index contributed by atoms with van der Waals surface area (Å²) in [6, 6.07) is 16.8. The first-order chi connectivity index (χ1) is 12.8. The minimum absolute atomic E-state index is 0.204. The van der Waals surface area contributed by atoms with Crippen LogP contribution in [0.3, 0.4) is 0 Å². The molecule has 0 saturated carbocycles. The minimum Gasteiger partial charge on any atom is -0.272 e. The Labute approximate surface area is 151 Å². The van der Waals surface area contributed by atoms with E-state index in [4.69, 9.17) is 0 Å². The SMILES string of the molecule is Fc1cccc(CCn2ccc(-c3cccc(-c4cnccn4)c3)n2)c1. The first-order valence-corrected chi connectivity index (χ1v) is 8.43. The van der Waals surface area contributed by atoms with Crippen LogP contribution in [0.2, 0.25) is 0 Å². The molecule has 0 saturated heterocycles. The van der Waals surface area contributed by atoms with E-state index in [1.807, 2.05) is 41.2 Å². The molecule has 0 unspecified atom stereocenters. The van der Waals surface area contributed by atoms with Crippen molar-refractivity contribution in [1.29, 1.82) is 0 Å². The fourth-order valence-corrected chi connectivity index (χ4v) is 2.86. The summed E-state index contributed by atoms with van der Waals surface area (Å²) in [5.74, 6) is -0.204. The zero-order chi connectivity index (χ0) is 17.8. The lowest BCUT2D eigenvalue weighted by molar-refractivity contribution is 0.604. The molecule has 4 rings (SSSR count). The van der Waals surface area contributed by atoms with Gasteiger partial charge in [-0.05, 0) is 36.2 Å². The Bertz CT molecular complexity index is 1010. The molecule has 0 fully saturated rings. The molecule has 0 aliphatic rings. The molecule has 5 heteroatoms. The normalized spacial score (nSPS) is 10.8. The van der Waals surface area contributed by atoms with Crippen LogP contribution in [0.15, 0.2) is 79.4 Å². The Morgan fingerprint density at radius 1 is 0.885 bits per heavy atom. The van der Waals surface area contributed by atoms with E-state index >= 15 is 0 Å². The smallest absolute Gasteiger partial charge is 0.123 e. The average Bonchev–Trinajstić information content (AvgIpc) is 3.16. The molecule has 128 valence electrons. The minimum atomic E-state index is -0.204. The van der Waals surface area contributed by atoms with Gasteiger partial charge in [-0.3, -0.25) is 14.6 Å². The van der Waals surface area contributed by atoms with Crippen molar-refractivity contribution in [2.24, 2.45) is 0 Å². The third-order valence-corrected chi connectivity index (χ3v) is 4.18. The standard InChI is InChI=1S/C21H17FN4/c22-19-6-1-3-16(13-19)7-11-26-12-8-20(25-26)17-4-2-5-18(14-17)21-15-23-9-10-24-21/h1-6,8-10,12-15H,7,11H2. The van der Waals surface area contributed by atoms with Crippen LogP contribution in [0.5, 0.6) is 0 Å². The highest BCUT2D eigenvalue weighted by molar-refractivity contribution is 5.68. The molecule has 0 radical (unpaired) electrons. The van der Waals surface area contributed by atoms with Gasteiger partial charge in [0.1, 0.15) is 5.82 Å². The van der Waals surface area contributed by atoms with Crippen molar-refractivity contribution in [3.63, 3.8) is 0 Å². The summed E-state index contributed by atoms with van der Waals surface area (Å²) >= 11 is 0. The summed E-state index contributed by atoms with van der Waals surface area (Å²) in [7, 11) is 0. The van der Waals surface area contributed by atoms with Crippen LogP contribution in [-0.2, 0) is 13.0 Å². The molecule has 0 aliphatic heterocycles. The number of halogens is 1. The number of hydrogen-bond acceptors (Lipinski definition) is 3. The van der Waals surface area contributed by atoms with Gasteiger partial charge in [0, 0.05) is 36.3 Å². The summed E-state index contributed by atoms with van der Waals surface area (Å²) in [5, 5.41) is 4.64. The third-order valence-electron chi connectivity index (χ3n) is 4.18. The highest BCUT2D eigenvalue weighted by atomic mass is 19.1. The van der Waals surface area contributed by atoms with Crippen LogP contribution in [-0.4, -0.2) is 19.7 Å². The molecular weight excluding hydrogens is 327 g/mol. The number of nitrogens with zero attached hydrogens (tertiary/aromatic N) is 4. The van der Waals surface area contributed by atoms with Gasteiger partial charge < -0.3 is 0 Å². The highest BCUT2D eigenvalue weighted by Gasteiger charge is 2.06. The van der Waals surface area contributed by atoms with Crippen LogP contribution in [0.25, 0.3) is 22.5 Å². The second-order valence-electron chi connectivity index (χ2n) is 6.02. The molecule has 2 aromatic heterocycles. The van der Waals surface area contributed by atoms with Crippen molar-refractivity contribution in [2.75, 3.05) is 0 Å². The highest BCUT2D eigenvalue weighted by Crippen LogP contribution is 2.23. The lowest BCUT2D eigenvalue weighted by Gasteiger charge is -2.04. The van der Waals surface area contributed by atoms with E-state index in [0.717, 1.165) is 34.5 Å². The first kappa shape index (κ1) is 16.1. The van der Waals surface area contributed by atoms with Crippen molar-refractivity contribution in [3.8, 4) is 22.5 Å². The van der Waals surface area contributed by atoms with Crippen LogP contribution in [0.1, 0.15) is 5.56 Å². The van der Waals surface area contributed by atoms with Crippen LogP contribution < -0.4 is 0 Å². The molecule has 0 amide bonds. The molecule has 0 atom stereocenters. The lowest BCUT2D eigenvalue weighted by Crippen LogP contribution is -2.02. The average molecular weight is 344 g/mol. The van der Waals surface area contributed by atoms with Crippen molar-refractivity contribution < 1.29 is 4.39 Å². The molecule has 0 spiro atoms.